The van der Waals surface area contributed by atoms with Crippen LogP contribution < -0.4 is 29.2 Å². The highest BCUT2D eigenvalue weighted by Gasteiger charge is 2.58. The van der Waals surface area contributed by atoms with E-state index in [1.807, 2.05) is 30.3 Å². The number of ether oxygens (including phenoxy) is 4. The molecule has 0 saturated carbocycles. The Morgan fingerprint density at radius 2 is 1.61 bits per heavy atom. The summed E-state index contributed by atoms with van der Waals surface area (Å²) in [4.78, 5) is 33.1. The normalized spacial score (nSPS) is 19.3. The van der Waals surface area contributed by atoms with Crippen molar-refractivity contribution in [2.75, 3.05) is 23.8 Å². The highest BCUT2D eigenvalue weighted by Crippen LogP contribution is 2.48. The van der Waals surface area contributed by atoms with E-state index in [-0.39, 0.29) is 31.8 Å². The molecule has 1 fully saturated rings. The molecule has 4 heterocycles. The molecule has 1 aromatic heterocycles. The number of hydrogen-bond donors (Lipinski definition) is 1. The van der Waals surface area contributed by atoms with Gasteiger partial charge >= 0.3 is 0 Å². The lowest BCUT2D eigenvalue weighted by Gasteiger charge is -2.50. The van der Waals surface area contributed by atoms with Gasteiger partial charge in [0.15, 0.2) is 28.5 Å². The minimum Gasteiger partial charge on any atom is -0.454 e. The number of pyridine rings is 1. The maximum absolute atomic E-state index is 14.1. The van der Waals surface area contributed by atoms with Crippen molar-refractivity contribution in [2.24, 2.45) is 0 Å². The van der Waals surface area contributed by atoms with Crippen molar-refractivity contribution in [3.05, 3.63) is 78.5 Å². The van der Waals surface area contributed by atoms with Crippen LogP contribution in [0.25, 0.3) is 10.9 Å². The number of rotatable bonds is 4. The molecule has 0 radical (unpaired) electrons. The number of amides is 2. The van der Waals surface area contributed by atoms with Crippen molar-refractivity contribution in [3.63, 3.8) is 0 Å². The van der Waals surface area contributed by atoms with Gasteiger partial charge in [-0.15, -0.1) is 0 Å². The second-order valence-electron chi connectivity index (χ2n) is 8.74. The molecule has 3 aromatic carbocycles. The van der Waals surface area contributed by atoms with E-state index in [0.29, 0.717) is 39.9 Å². The van der Waals surface area contributed by atoms with Crippen molar-refractivity contribution in [2.45, 2.75) is 12.0 Å². The third kappa shape index (κ3) is 2.99. The van der Waals surface area contributed by atoms with Gasteiger partial charge in [0, 0.05) is 35.1 Å². The van der Waals surface area contributed by atoms with Gasteiger partial charge < -0.3 is 24.3 Å². The molecular weight excluding hydrogens is 462 g/mol. The van der Waals surface area contributed by atoms with E-state index >= 15 is 0 Å². The molecule has 4 aromatic rings. The lowest BCUT2D eigenvalue weighted by Crippen LogP contribution is -2.67. The molecule has 9 heteroatoms. The number of carbonyl (C=O) groups is 2. The molecule has 3 aliphatic heterocycles. The van der Waals surface area contributed by atoms with E-state index in [4.69, 9.17) is 18.9 Å². The second-order valence-corrected chi connectivity index (χ2v) is 8.74. The number of benzene rings is 3. The summed E-state index contributed by atoms with van der Waals surface area (Å²) in [5, 5.41) is 3.86. The average molecular weight is 481 g/mol. The SMILES string of the molecule is O=C1CC(C(=O)Nc2ccc3c(c2)OCO3)(c2ccc3ncccc3c2)N1c1ccc2c(c1)OCO2. The third-order valence-corrected chi connectivity index (χ3v) is 6.74. The molecule has 1 unspecified atom stereocenters. The highest BCUT2D eigenvalue weighted by molar-refractivity contribution is 6.17. The molecule has 3 aliphatic rings. The van der Waals surface area contributed by atoms with E-state index < -0.39 is 5.54 Å². The Bertz CT molecular complexity index is 1570. The molecular formula is C27H19N3O6. The van der Waals surface area contributed by atoms with Gasteiger partial charge in [-0.2, -0.15) is 0 Å². The fourth-order valence-electron chi connectivity index (χ4n) is 4.97. The summed E-state index contributed by atoms with van der Waals surface area (Å²) in [5.41, 5.74) is 1.27. The summed E-state index contributed by atoms with van der Waals surface area (Å²) in [7, 11) is 0. The van der Waals surface area contributed by atoms with Crippen LogP contribution in [0, 0.1) is 0 Å². The fraction of sp³-hybridized carbons (Fsp3) is 0.148. The average Bonchev–Trinajstić information content (AvgIpc) is 3.55. The zero-order chi connectivity index (χ0) is 24.3. The number of carbonyl (C=O) groups excluding carboxylic acids is 2. The molecule has 0 spiro atoms. The van der Waals surface area contributed by atoms with Gasteiger partial charge in [0.05, 0.1) is 11.9 Å². The van der Waals surface area contributed by atoms with E-state index in [2.05, 4.69) is 10.3 Å². The van der Waals surface area contributed by atoms with Crippen molar-refractivity contribution in [3.8, 4) is 23.0 Å². The van der Waals surface area contributed by atoms with Crippen LogP contribution in [0.5, 0.6) is 23.0 Å². The van der Waals surface area contributed by atoms with Gasteiger partial charge in [0.1, 0.15) is 0 Å². The minimum absolute atomic E-state index is 0.00357. The van der Waals surface area contributed by atoms with E-state index in [1.165, 1.54) is 4.90 Å². The van der Waals surface area contributed by atoms with Crippen LogP contribution in [-0.2, 0) is 15.1 Å². The van der Waals surface area contributed by atoms with Crippen LogP contribution >= 0.6 is 0 Å². The van der Waals surface area contributed by atoms with Crippen molar-refractivity contribution in [1.29, 1.82) is 0 Å². The van der Waals surface area contributed by atoms with E-state index in [9.17, 15) is 9.59 Å². The summed E-state index contributed by atoms with van der Waals surface area (Å²) in [6, 6.07) is 19.8. The predicted molar refractivity (Wildman–Crippen MR) is 129 cm³/mol. The summed E-state index contributed by atoms with van der Waals surface area (Å²) in [6.07, 6.45) is 1.72. The largest absolute Gasteiger partial charge is 0.454 e. The molecule has 178 valence electrons. The zero-order valence-corrected chi connectivity index (χ0v) is 18.9. The van der Waals surface area contributed by atoms with Crippen LogP contribution in [-0.4, -0.2) is 30.4 Å². The second kappa shape index (κ2) is 7.61. The number of nitrogens with zero attached hydrogens (tertiary/aromatic N) is 2. The molecule has 1 N–H and O–H groups in total. The molecule has 0 bridgehead atoms. The molecule has 1 saturated heterocycles. The van der Waals surface area contributed by atoms with Crippen molar-refractivity contribution >= 4 is 34.1 Å². The van der Waals surface area contributed by atoms with Crippen LogP contribution in [0.1, 0.15) is 12.0 Å². The topological polar surface area (TPSA) is 99.2 Å². The summed E-state index contributed by atoms with van der Waals surface area (Å²) >= 11 is 0. The summed E-state index contributed by atoms with van der Waals surface area (Å²) < 4.78 is 21.8. The lowest BCUT2D eigenvalue weighted by molar-refractivity contribution is -0.137. The Kier molecular flexibility index (Phi) is 4.35. The number of fused-ring (bicyclic) bond motifs is 3. The predicted octanol–water partition coefficient (Wildman–Crippen LogP) is 3.96. The van der Waals surface area contributed by atoms with E-state index in [1.54, 1.807) is 42.6 Å². The van der Waals surface area contributed by atoms with E-state index in [0.717, 1.165) is 10.9 Å². The Hall–Kier alpha value is -4.79. The smallest absolute Gasteiger partial charge is 0.255 e. The van der Waals surface area contributed by atoms with Gasteiger partial charge in [0.2, 0.25) is 19.5 Å². The molecule has 1 atom stereocenters. The Morgan fingerprint density at radius 3 is 2.42 bits per heavy atom. The third-order valence-electron chi connectivity index (χ3n) is 6.74. The maximum atomic E-state index is 14.1. The Morgan fingerprint density at radius 1 is 0.861 bits per heavy atom. The number of aromatic nitrogens is 1. The summed E-state index contributed by atoms with van der Waals surface area (Å²) in [5.74, 6) is 1.77. The van der Waals surface area contributed by atoms with Crippen LogP contribution in [0.15, 0.2) is 72.9 Å². The number of nitrogens with one attached hydrogen (secondary N) is 1. The number of anilines is 2. The lowest BCUT2D eigenvalue weighted by atomic mass is 9.75. The monoisotopic (exact) mass is 481 g/mol. The zero-order valence-electron chi connectivity index (χ0n) is 18.9. The first-order valence-corrected chi connectivity index (χ1v) is 11.4. The van der Waals surface area contributed by atoms with Crippen molar-refractivity contribution < 1.29 is 28.5 Å². The fourth-order valence-corrected chi connectivity index (χ4v) is 4.97. The van der Waals surface area contributed by atoms with Crippen LogP contribution in [0.2, 0.25) is 0 Å². The van der Waals surface area contributed by atoms with Crippen molar-refractivity contribution in [1.82, 2.24) is 4.98 Å². The van der Waals surface area contributed by atoms with Gasteiger partial charge in [-0.05, 0) is 48.0 Å². The number of hydrogen-bond acceptors (Lipinski definition) is 7. The molecule has 7 rings (SSSR count). The number of β-lactam (4-membered cyclic amide) rings is 1. The standard InChI is InChI=1S/C27H19N3O6/c31-25-13-27(17-3-6-20-16(10-17)2-1-9-28-20,30(25)19-5-8-22-24(12-19)36-15-34-22)26(32)29-18-4-7-21-23(11-18)35-14-33-21/h1-12H,13-15H2,(H,29,32). The molecule has 36 heavy (non-hydrogen) atoms. The first-order valence-electron chi connectivity index (χ1n) is 11.4. The minimum atomic E-state index is -1.29. The first kappa shape index (κ1) is 20.6. The molecule has 2 amide bonds. The van der Waals surface area contributed by atoms with Crippen LogP contribution in [0.3, 0.4) is 0 Å². The van der Waals surface area contributed by atoms with Gasteiger partial charge in [-0.3, -0.25) is 19.5 Å². The maximum Gasteiger partial charge on any atom is 0.255 e. The first-order chi connectivity index (χ1) is 17.6. The van der Waals surface area contributed by atoms with Gasteiger partial charge in [-0.1, -0.05) is 12.1 Å². The van der Waals surface area contributed by atoms with Gasteiger partial charge in [-0.25, -0.2) is 0 Å². The Labute approximate surface area is 205 Å². The molecule has 0 aliphatic carbocycles. The molecule has 9 nitrogen and oxygen atoms in total. The quantitative estimate of drug-likeness (QED) is 0.441. The van der Waals surface area contributed by atoms with Gasteiger partial charge in [0.25, 0.3) is 5.91 Å². The summed E-state index contributed by atoms with van der Waals surface area (Å²) in [6.45, 7) is 0.244. The van der Waals surface area contributed by atoms with Crippen LogP contribution in [0.4, 0.5) is 11.4 Å². The Balaban J connectivity index is 1.34. The highest BCUT2D eigenvalue weighted by atomic mass is 16.7.